The van der Waals surface area contributed by atoms with E-state index in [1.807, 2.05) is 54.6 Å². The fourth-order valence-electron chi connectivity index (χ4n) is 2.29. The molecule has 0 bridgehead atoms. The summed E-state index contributed by atoms with van der Waals surface area (Å²) in [4.78, 5) is 0. The number of ether oxygens (including phenoxy) is 1. The molecule has 0 aliphatic rings. The highest BCUT2D eigenvalue weighted by Gasteiger charge is 2.29. The van der Waals surface area contributed by atoms with Gasteiger partial charge in [0.1, 0.15) is 18.0 Å². The summed E-state index contributed by atoms with van der Waals surface area (Å²) in [5.41, 5.74) is 6.50. The molecule has 3 N–H and O–H groups in total. The van der Waals surface area contributed by atoms with Gasteiger partial charge in [-0.2, -0.15) is 0 Å². The van der Waals surface area contributed by atoms with Gasteiger partial charge in [-0.3, -0.25) is 0 Å². The fraction of sp³-hybridized carbons (Fsp3) is 0.333. The molecule has 2 aromatic carbocycles. The summed E-state index contributed by atoms with van der Waals surface area (Å²) < 4.78 is 5.88. The molecular weight excluding hydrogens is 262 g/mol. The molecule has 0 heterocycles. The number of nitrogens with two attached hydrogens (primary N) is 1. The van der Waals surface area contributed by atoms with Crippen LogP contribution in [0.3, 0.4) is 0 Å². The maximum atomic E-state index is 10.7. The van der Waals surface area contributed by atoms with Crippen LogP contribution in [0.2, 0.25) is 0 Å². The molecule has 0 aliphatic heterocycles. The monoisotopic (exact) mass is 285 g/mol. The second-order valence-corrected chi connectivity index (χ2v) is 5.58. The van der Waals surface area contributed by atoms with E-state index in [2.05, 4.69) is 13.8 Å². The van der Waals surface area contributed by atoms with Gasteiger partial charge in [0.15, 0.2) is 0 Å². The number of hydrogen-bond acceptors (Lipinski definition) is 3. The molecule has 0 aliphatic carbocycles. The first-order chi connectivity index (χ1) is 10.1. The lowest BCUT2D eigenvalue weighted by Gasteiger charge is -2.28. The summed E-state index contributed by atoms with van der Waals surface area (Å²) in [7, 11) is 0. The van der Waals surface area contributed by atoms with Gasteiger partial charge < -0.3 is 15.6 Å². The van der Waals surface area contributed by atoms with Gasteiger partial charge >= 0.3 is 0 Å². The van der Waals surface area contributed by atoms with Crippen LogP contribution in [0.1, 0.15) is 30.9 Å². The van der Waals surface area contributed by atoms with Crippen molar-refractivity contribution in [1.82, 2.24) is 0 Å². The van der Waals surface area contributed by atoms with Gasteiger partial charge in [0.05, 0.1) is 0 Å². The molecule has 1 atom stereocenters. The normalized spacial score (nSPS) is 14.0. The highest BCUT2D eigenvalue weighted by Crippen LogP contribution is 2.28. The molecular formula is C18H23NO2. The minimum Gasteiger partial charge on any atom is -0.490 e. The van der Waals surface area contributed by atoms with Crippen LogP contribution in [0.15, 0.2) is 54.6 Å². The molecule has 3 nitrogen and oxygen atoms in total. The first-order valence-electron chi connectivity index (χ1n) is 7.26. The molecule has 0 aromatic heterocycles. The van der Waals surface area contributed by atoms with Gasteiger partial charge in [-0.15, -0.1) is 0 Å². The van der Waals surface area contributed by atoms with Gasteiger partial charge in [-0.05, 0) is 23.1 Å². The Hall–Kier alpha value is -1.84. The lowest BCUT2D eigenvalue weighted by Crippen LogP contribution is -2.40. The Kier molecular flexibility index (Phi) is 4.99. The zero-order valence-electron chi connectivity index (χ0n) is 12.6. The van der Waals surface area contributed by atoms with Crippen molar-refractivity contribution in [2.75, 3.05) is 13.2 Å². The van der Waals surface area contributed by atoms with Gasteiger partial charge in [-0.1, -0.05) is 62.4 Å². The van der Waals surface area contributed by atoms with E-state index in [0.717, 1.165) is 16.9 Å². The SMILES string of the molecule is CC(C)c1ccccc1OCC(O)(CN)c1ccccc1. The van der Waals surface area contributed by atoms with Crippen molar-refractivity contribution in [1.29, 1.82) is 0 Å². The minimum absolute atomic E-state index is 0.112. The summed E-state index contributed by atoms with van der Waals surface area (Å²) in [5, 5.41) is 10.7. The first kappa shape index (κ1) is 15.5. The van der Waals surface area contributed by atoms with Crippen LogP contribution >= 0.6 is 0 Å². The number of rotatable bonds is 6. The van der Waals surface area contributed by atoms with E-state index >= 15 is 0 Å². The second kappa shape index (κ2) is 6.74. The summed E-state index contributed by atoms with van der Waals surface area (Å²) in [6.07, 6.45) is 0. The van der Waals surface area contributed by atoms with E-state index in [9.17, 15) is 5.11 Å². The Balaban J connectivity index is 2.18. The summed E-state index contributed by atoms with van der Waals surface area (Å²) in [6.45, 7) is 4.49. The average Bonchev–Trinajstić information content (AvgIpc) is 2.53. The lowest BCUT2D eigenvalue weighted by molar-refractivity contribution is -0.00178. The van der Waals surface area contributed by atoms with Crippen molar-refractivity contribution < 1.29 is 9.84 Å². The quantitative estimate of drug-likeness (QED) is 0.857. The topological polar surface area (TPSA) is 55.5 Å². The van der Waals surface area contributed by atoms with Crippen LogP contribution in [0.4, 0.5) is 0 Å². The number of benzene rings is 2. The van der Waals surface area contributed by atoms with Crippen LogP contribution in [-0.2, 0) is 5.60 Å². The molecule has 0 amide bonds. The average molecular weight is 285 g/mol. The summed E-state index contributed by atoms with van der Waals surface area (Å²) in [5.74, 6) is 1.17. The van der Waals surface area contributed by atoms with E-state index in [-0.39, 0.29) is 13.2 Å². The van der Waals surface area contributed by atoms with Crippen molar-refractivity contribution in [3.05, 3.63) is 65.7 Å². The Morgan fingerprint density at radius 3 is 2.29 bits per heavy atom. The molecule has 0 saturated carbocycles. The van der Waals surface area contributed by atoms with Gasteiger partial charge in [0.2, 0.25) is 0 Å². The van der Waals surface area contributed by atoms with Gasteiger partial charge in [-0.25, -0.2) is 0 Å². The summed E-state index contributed by atoms with van der Waals surface area (Å²) in [6, 6.07) is 17.3. The molecule has 21 heavy (non-hydrogen) atoms. The van der Waals surface area contributed by atoms with Crippen molar-refractivity contribution in [3.63, 3.8) is 0 Å². The van der Waals surface area contributed by atoms with E-state index < -0.39 is 5.60 Å². The first-order valence-corrected chi connectivity index (χ1v) is 7.26. The number of aliphatic hydroxyl groups is 1. The zero-order valence-corrected chi connectivity index (χ0v) is 12.6. The van der Waals surface area contributed by atoms with Gasteiger partial charge in [0, 0.05) is 6.54 Å². The smallest absolute Gasteiger partial charge is 0.136 e. The molecule has 0 saturated heterocycles. The standard InChI is InChI=1S/C18H23NO2/c1-14(2)16-10-6-7-11-17(16)21-13-18(20,12-19)15-8-4-3-5-9-15/h3-11,14,20H,12-13,19H2,1-2H3. The van der Waals surface area contributed by atoms with Crippen molar-refractivity contribution in [2.45, 2.75) is 25.4 Å². The zero-order chi connectivity index (χ0) is 15.3. The molecule has 0 fully saturated rings. The third kappa shape index (κ3) is 3.63. The molecule has 2 rings (SSSR count). The number of hydrogen-bond donors (Lipinski definition) is 2. The van der Waals surface area contributed by atoms with E-state index in [1.165, 1.54) is 0 Å². The molecule has 112 valence electrons. The predicted molar refractivity (Wildman–Crippen MR) is 85.4 cm³/mol. The molecule has 0 radical (unpaired) electrons. The lowest BCUT2D eigenvalue weighted by atomic mass is 9.95. The van der Waals surface area contributed by atoms with Gasteiger partial charge in [0.25, 0.3) is 0 Å². The maximum absolute atomic E-state index is 10.7. The van der Waals surface area contributed by atoms with Crippen molar-refractivity contribution in [3.8, 4) is 5.75 Å². The highest BCUT2D eigenvalue weighted by molar-refractivity contribution is 5.36. The fourth-order valence-corrected chi connectivity index (χ4v) is 2.29. The second-order valence-electron chi connectivity index (χ2n) is 5.58. The van der Waals surface area contributed by atoms with Crippen LogP contribution < -0.4 is 10.5 Å². The Labute approximate surface area is 126 Å². The Morgan fingerprint density at radius 2 is 1.67 bits per heavy atom. The van der Waals surface area contributed by atoms with Crippen LogP contribution in [0.5, 0.6) is 5.75 Å². The molecule has 0 spiro atoms. The van der Waals surface area contributed by atoms with E-state index in [4.69, 9.17) is 10.5 Å². The minimum atomic E-state index is -1.18. The van der Waals surface area contributed by atoms with E-state index in [0.29, 0.717) is 5.92 Å². The van der Waals surface area contributed by atoms with Crippen LogP contribution in [0, 0.1) is 0 Å². The Bertz CT molecular complexity index is 568. The molecule has 3 heteroatoms. The predicted octanol–water partition coefficient (Wildman–Crippen LogP) is 3.04. The van der Waals surface area contributed by atoms with E-state index in [1.54, 1.807) is 0 Å². The summed E-state index contributed by atoms with van der Waals surface area (Å²) >= 11 is 0. The number of para-hydroxylation sites is 1. The highest BCUT2D eigenvalue weighted by atomic mass is 16.5. The largest absolute Gasteiger partial charge is 0.490 e. The maximum Gasteiger partial charge on any atom is 0.136 e. The Morgan fingerprint density at radius 1 is 1.05 bits per heavy atom. The van der Waals surface area contributed by atoms with Crippen molar-refractivity contribution in [2.24, 2.45) is 5.73 Å². The van der Waals surface area contributed by atoms with Crippen molar-refractivity contribution >= 4 is 0 Å². The molecule has 2 aromatic rings. The third-order valence-electron chi connectivity index (χ3n) is 3.66. The molecule has 1 unspecified atom stereocenters. The van der Waals surface area contributed by atoms with Crippen LogP contribution in [-0.4, -0.2) is 18.3 Å². The third-order valence-corrected chi connectivity index (χ3v) is 3.66. The van der Waals surface area contributed by atoms with Crippen LogP contribution in [0.25, 0.3) is 0 Å².